The van der Waals surface area contributed by atoms with E-state index in [1.54, 1.807) is 18.2 Å². The summed E-state index contributed by atoms with van der Waals surface area (Å²) in [6, 6.07) is 0. The van der Waals surface area contributed by atoms with E-state index in [4.69, 9.17) is 4.52 Å². The number of hydrogen-bond acceptors (Lipinski definition) is 5. The van der Waals surface area contributed by atoms with Crippen LogP contribution in [0.5, 0.6) is 0 Å². The second-order valence-corrected chi connectivity index (χ2v) is 9.73. The minimum Gasteiger partial charge on any atom is -0.339 e. The zero-order valence-corrected chi connectivity index (χ0v) is 14.6. The van der Waals surface area contributed by atoms with Crippen molar-refractivity contribution in [3.63, 3.8) is 0 Å². The number of fused-ring (bicyclic) bond motifs is 1. The van der Waals surface area contributed by atoms with Crippen LogP contribution < -0.4 is 0 Å². The highest BCUT2D eigenvalue weighted by atomic mass is 32.2. The molecule has 1 aliphatic heterocycles. The molecule has 124 valence electrons. The molecule has 1 aromatic rings. The molecule has 2 fully saturated rings. The average molecular weight is 327 g/mol. The fraction of sp³-hybridized carbons (Fsp3) is 0.867. The van der Waals surface area contributed by atoms with Gasteiger partial charge in [0.2, 0.25) is 15.9 Å². The van der Waals surface area contributed by atoms with Gasteiger partial charge in [0.1, 0.15) is 0 Å². The molecule has 0 bridgehead atoms. The predicted octanol–water partition coefficient (Wildman–Crippen LogP) is 2.28. The Balaban J connectivity index is 1.94. The molecule has 0 aromatic carbocycles. The molecule has 22 heavy (non-hydrogen) atoms. The predicted molar refractivity (Wildman–Crippen MR) is 83.0 cm³/mol. The molecular formula is C15H25N3O3S. The van der Waals surface area contributed by atoms with E-state index < -0.39 is 10.0 Å². The summed E-state index contributed by atoms with van der Waals surface area (Å²) >= 11 is 0. The molecule has 1 aromatic heterocycles. The van der Waals surface area contributed by atoms with Crippen molar-refractivity contribution in [1.82, 2.24) is 14.4 Å². The van der Waals surface area contributed by atoms with Crippen molar-refractivity contribution in [2.24, 2.45) is 5.92 Å². The number of rotatable bonds is 4. The first-order valence-electron chi connectivity index (χ1n) is 8.10. The Morgan fingerprint density at radius 1 is 1.32 bits per heavy atom. The third-order valence-corrected chi connectivity index (χ3v) is 7.37. The van der Waals surface area contributed by atoms with Crippen LogP contribution in [0.25, 0.3) is 0 Å². The lowest BCUT2D eigenvalue weighted by Gasteiger charge is -2.25. The maximum absolute atomic E-state index is 12.5. The van der Waals surface area contributed by atoms with Crippen LogP contribution >= 0.6 is 0 Å². The summed E-state index contributed by atoms with van der Waals surface area (Å²) in [6.45, 7) is 8.60. The number of hydrogen-bond donors (Lipinski definition) is 0. The van der Waals surface area contributed by atoms with Crippen LogP contribution in [0.1, 0.15) is 64.6 Å². The fourth-order valence-corrected chi connectivity index (χ4v) is 5.17. The summed E-state index contributed by atoms with van der Waals surface area (Å²) in [5.74, 6) is 1.84. The molecule has 3 rings (SSSR count). The Labute approximate surface area is 132 Å². The smallest absolute Gasteiger partial charge is 0.229 e. The Bertz CT molecular complexity index is 653. The standard InChI is InChI=1S/C15H25N3O3S/c1-10(2)13-16-14(17-21-13)15-7-5-6-12(15)8-18(9-15)22(19,20)11(3)4/h10-12H,5-9H2,1-4H3/t12-,15-/m1/s1. The Kier molecular flexibility index (Phi) is 3.84. The van der Waals surface area contributed by atoms with E-state index in [-0.39, 0.29) is 16.6 Å². The van der Waals surface area contributed by atoms with Crippen LogP contribution in [0.15, 0.2) is 4.52 Å². The molecular weight excluding hydrogens is 302 g/mol. The van der Waals surface area contributed by atoms with Gasteiger partial charge in [0.15, 0.2) is 5.82 Å². The Morgan fingerprint density at radius 2 is 2.05 bits per heavy atom. The van der Waals surface area contributed by atoms with E-state index in [0.29, 0.717) is 30.7 Å². The first-order valence-corrected chi connectivity index (χ1v) is 9.61. The highest BCUT2D eigenvalue weighted by Gasteiger charge is 2.56. The van der Waals surface area contributed by atoms with Gasteiger partial charge < -0.3 is 4.52 Å². The van der Waals surface area contributed by atoms with Gasteiger partial charge in [0, 0.05) is 19.0 Å². The Hall–Kier alpha value is -0.950. The van der Waals surface area contributed by atoms with Crippen molar-refractivity contribution in [2.45, 2.75) is 63.5 Å². The number of nitrogens with zero attached hydrogens (tertiary/aromatic N) is 3. The van der Waals surface area contributed by atoms with Gasteiger partial charge in [-0.1, -0.05) is 25.4 Å². The van der Waals surface area contributed by atoms with Crippen molar-refractivity contribution in [3.05, 3.63) is 11.7 Å². The Morgan fingerprint density at radius 3 is 2.64 bits per heavy atom. The molecule has 2 aliphatic rings. The highest BCUT2D eigenvalue weighted by Crippen LogP contribution is 2.50. The van der Waals surface area contributed by atoms with E-state index in [1.165, 1.54) is 0 Å². The van der Waals surface area contributed by atoms with Crippen molar-refractivity contribution in [3.8, 4) is 0 Å². The zero-order valence-electron chi connectivity index (χ0n) is 13.7. The SMILES string of the molecule is CC(C)c1nc([C@@]23CCC[C@@H]2CN(S(=O)(=O)C(C)C)C3)no1. The minimum absolute atomic E-state index is 0.189. The molecule has 0 spiro atoms. The third kappa shape index (κ3) is 2.29. The summed E-state index contributed by atoms with van der Waals surface area (Å²) in [5, 5.41) is 3.82. The second-order valence-electron chi connectivity index (χ2n) is 7.24. The second kappa shape index (κ2) is 5.30. The molecule has 2 atom stereocenters. The average Bonchev–Trinajstić information content (AvgIpc) is 3.11. The first-order chi connectivity index (χ1) is 10.3. The molecule has 1 saturated heterocycles. The van der Waals surface area contributed by atoms with Gasteiger partial charge in [-0.05, 0) is 32.6 Å². The van der Waals surface area contributed by atoms with Gasteiger partial charge in [-0.2, -0.15) is 4.98 Å². The van der Waals surface area contributed by atoms with Crippen LogP contribution in [-0.4, -0.2) is 41.2 Å². The lowest BCUT2D eigenvalue weighted by Crippen LogP contribution is -2.38. The quantitative estimate of drug-likeness (QED) is 0.848. The molecule has 1 aliphatic carbocycles. The van der Waals surface area contributed by atoms with Gasteiger partial charge in [-0.3, -0.25) is 0 Å². The topological polar surface area (TPSA) is 76.3 Å². The van der Waals surface area contributed by atoms with Crippen LogP contribution in [0, 0.1) is 5.92 Å². The first kappa shape index (κ1) is 15.9. The van der Waals surface area contributed by atoms with E-state index in [2.05, 4.69) is 10.1 Å². The minimum atomic E-state index is -3.23. The van der Waals surface area contributed by atoms with E-state index in [0.717, 1.165) is 19.3 Å². The summed E-state index contributed by atoms with van der Waals surface area (Å²) in [6.07, 6.45) is 3.08. The van der Waals surface area contributed by atoms with Gasteiger partial charge in [0.05, 0.1) is 10.7 Å². The normalized spacial score (nSPS) is 29.6. The lowest BCUT2D eigenvalue weighted by molar-refractivity contribution is 0.324. The number of sulfonamides is 1. The lowest BCUT2D eigenvalue weighted by atomic mass is 9.80. The molecule has 2 heterocycles. The molecule has 1 saturated carbocycles. The van der Waals surface area contributed by atoms with Crippen LogP contribution in [0.3, 0.4) is 0 Å². The van der Waals surface area contributed by atoms with Crippen molar-refractivity contribution < 1.29 is 12.9 Å². The van der Waals surface area contributed by atoms with Crippen LogP contribution in [0.4, 0.5) is 0 Å². The van der Waals surface area contributed by atoms with Gasteiger partial charge in [-0.25, -0.2) is 12.7 Å². The highest BCUT2D eigenvalue weighted by molar-refractivity contribution is 7.89. The van der Waals surface area contributed by atoms with Crippen LogP contribution in [-0.2, 0) is 15.4 Å². The van der Waals surface area contributed by atoms with Crippen LogP contribution in [0.2, 0.25) is 0 Å². The van der Waals surface area contributed by atoms with Gasteiger partial charge in [-0.15, -0.1) is 0 Å². The van der Waals surface area contributed by atoms with Crippen molar-refractivity contribution in [1.29, 1.82) is 0 Å². The van der Waals surface area contributed by atoms with E-state index in [1.807, 2.05) is 13.8 Å². The van der Waals surface area contributed by atoms with Gasteiger partial charge in [0.25, 0.3) is 0 Å². The molecule has 0 N–H and O–H groups in total. The van der Waals surface area contributed by atoms with Crippen molar-refractivity contribution >= 4 is 10.0 Å². The number of aromatic nitrogens is 2. The summed E-state index contributed by atoms with van der Waals surface area (Å²) < 4.78 is 32.1. The van der Waals surface area contributed by atoms with Gasteiger partial charge >= 0.3 is 0 Å². The third-order valence-electron chi connectivity index (χ3n) is 5.18. The maximum atomic E-state index is 12.5. The molecule has 0 unspecified atom stereocenters. The van der Waals surface area contributed by atoms with E-state index >= 15 is 0 Å². The maximum Gasteiger partial charge on any atom is 0.229 e. The summed E-state index contributed by atoms with van der Waals surface area (Å²) in [7, 11) is -3.23. The molecule has 6 nitrogen and oxygen atoms in total. The zero-order chi connectivity index (χ0) is 16.1. The van der Waals surface area contributed by atoms with E-state index in [9.17, 15) is 8.42 Å². The largest absolute Gasteiger partial charge is 0.339 e. The van der Waals surface area contributed by atoms with Crippen molar-refractivity contribution in [2.75, 3.05) is 13.1 Å². The summed E-state index contributed by atoms with van der Waals surface area (Å²) in [4.78, 5) is 4.59. The molecule has 0 radical (unpaired) electrons. The fourth-order valence-electron chi connectivity index (χ4n) is 3.77. The monoisotopic (exact) mass is 327 g/mol. The summed E-state index contributed by atoms with van der Waals surface area (Å²) in [5.41, 5.74) is -0.251. The molecule has 7 heteroatoms. The molecule has 0 amide bonds.